The highest BCUT2D eigenvalue weighted by Crippen LogP contribution is 2.30. The molecule has 0 spiro atoms. The molecule has 2 aromatic carbocycles. The molecular formula is C13H12O4. The third kappa shape index (κ3) is 2.30. The Morgan fingerprint density at radius 1 is 1.29 bits per heavy atom. The summed E-state index contributed by atoms with van der Waals surface area (Å²) in [6.07, 6.45) is -0.102. The fourth-order valence-corrected chi connectivity index (χ4v) is 1.78. The molecule has 0 fully saturated rings. The number of phenols is 1. The Kier molecular flexibility index (Phi) is 2.87. The lowest BCUT2D eigenvalue weighted by molar-refractivity contribution is -0.136. The SMILES string of the molecule is COc1ccc2cc(CC(=O)O)cc(O)c2c1. The molecule has 2 rings (SSSR count). The summed E-state index contributed by atoms with van der Waals surface area (Å²) in [6, 6.07) is 8.50. The van der Waals surface area contributed by atoms with Gasteiger partial charge in [0.05, 0.1) is 13.5 Å². The van der Waals surface area contributed by atoms with Crippen molar-refractivity contribution in [1.29, 1.82) is 0 Å². The molecule has 0 aliphatic heterocycles. The Morgan fingerprint density at radius 3 is 2.71 bits per heavy atom. The molecule has 0 heterocycles. The third-order valence-electron chi connectivity index (χ3n) is 2.55. The molecule has 0 aliphatic carbocycles. The summed E-state index contributed by atoms with van der Waals surface area (Å²) in [6.45, 7) is 0. The Labute approximate surface area is 98.1 Å². The van der Waals surface area contributed by atoms with E-state index in [1.165, 1.54) is 6.07 Å². The summed E-state index contributed by atoms with van der Waals surface area (Å²) in [7, 11) is 1.55. The van der Waals surface area contributed by atoms with Gasteiger partial charge in [-0.3, -0.25) is 4.79 Å². The van der Waals surface area contributed by atoms with Gasteiger partial charge in [0.15, 0.2) is 0 Å². The summed E-state index contributed by atoms with van der Waals surface area (Å²) in [5.41, 5.74) is 0.577. The molecule has 88 valence electrons. The highest BCUT2D eigenvalue weighted by Gasteiger charge is 2.07. The van der Waals surface area contributed by atoms with Crippen LogP contribution < -0.4 is 4.74 Å². The van der Waals surface area contributed by atoms with Gasteiger partial charge in [-0.2, -0.15) is 0 Å². The Morgan fingerprint density at radius 2 is 2.06 bits per heavy atom. The lowest BCUT2D eigenvalue weighted by Gasteiger charge is -2.06. The fourth-order valence-electron chi connectivity index (χ4n) is 1.78. The maximum Gasteiger partial charge on any atom is 0.307 e. The van der Waals surface area contributed by atoms with Crippen LogP contribution in [0.4, 0.5) is 0 Å². The quantitative estimate of drug-likeness (QED) is 0.851. The van der Waals surface area contributed by atoms with Crippen LogP contribution in [0.15, 0.2) is 30.3 Å². The van der Waals surface area contributed by atoms with E-state index in [9.17, 15) is 9.90 Å². The van der Waals surface area contributed by atoms with E-state index in [1.807, 2.05) is 0 Å². The van der Waals surface area contributed by atoms with Crippen molar-refractivity contribution in [2.45, 2.75) is 6.42 Å². The van der Waals surface area contributed by atoms with Gasteiger partial charge < -0.3 is 14.9 Å². The fraction of sp³-hybridized carbons (Fsp3) is 0.154. The first-order chi connectivity index (χ1) is 8.10. The number of ether oxygens (including phenoxy) is 1. The third-order valence-corrected chi connectivity index (χ3v) is 2.55. The molecule has 0 aliphatic rings. The van der Waals surface area contributed by atoms with E-state index >= 15 is 0 Å². The van der Waals surface area contributed by atoms with E-state index in [0.29, 0.717) is 16.7 Å². The van der Waals surface area contributed by atoms with Gasteiger partial charge in [-0.25, -0.2) is 0 Å². The largest absolute Gasteiger partial charge is 0.507 e. The maximum atomic E-state index is 10.6. The number of benzene rings is 2. The second kappa shape index (κ2) is 4.33. The molecule has 0 saturated heterocycles. The zero-order chi connectivity index (χ0) is 12.4. The van der Waals surface area contributed by atoms with E-state index in [0.717, 1.165) is 5.39 Å². The number of fused-ring (bicyclic) bond motifs is 1. The van der Waals surface area contributed by atoms with Gasteiger partial charge in [-0.05, 0) is 29.1 Å². The second-order valence-corrected chi connectivity index (χ2v) is 3.77. The van der Waals surface area contributed by atoms with Gasteiger partial charge in [-0.1, -0.05) is 12.1 Å². The highest BCUT2D eigenvalue weighted by atomic mass is 16.5. The van der Waals surface area contributed by atoms with Crippen molar-refractivity contribution in [3.63, 3.8) is 0 Å². The van der Waals surface area contributed by atoms with Crippen LogP contribution in [0.2, 0.25) is 0 Å². The van der Waals surface area contributed by atoms with Gasteiger partial charge >= 0.3 is 5.97 Å². The maximum absolute atomic E-state index is 10.6. The average Bonchev–Trinajstić information content (AvgIpc) is 2.28. The minimum Gasteiger partial charge on any atom is -0.507 e. The predicted octanol–water partition coefficient (Wildman–Crippen LogP) is 2.18. The topological polar surface area (TPSA) is 66.8 Å². The van der Waals surface area contributed by atoms with Crippen molar-refractivity contribution in [2.75, 3.05) is 7.11 Å². The number of methoxy groups -OCH3 is 1. The van der Waals surface area contributed by atoms with Crippen molar-refractivity contribution in [1.82, 2.24) is 0 Å². The van der Waals surface area contributed by atoms with E-state index in [2.05, 4.69) is 0 Å². The molecule has 0 amide bonds. The molecule has 0 atom stereocenters. The number of aliphatic carboxylic acids is 1. The van der Waals surface area contributed by atoms with Gasteiger partial charge in [0.2, 0.25) is 0 Å². The monoisotopic (exact) mass is 232 g/mol. The van der Waals surface area contributed by atoms with Crippen molar-refractivity contribution >= 4 is 16.7 Å². The number of phenolic OH excluding ortho intramolecular Hbond substituents is 1. The van der Waals surface area contributed by atoms with Gasteiger partial charge in [0.1, 0.15) is 11.5 Å². The molecular weight excluding hydrogens is 220 g/mol. The van der Waals surface area contributed by atoms with Gasteiger partial charge in [0.25, 0.3) is 0 Å². The Bertz CT molecular complexity index is 575. The Hall–Kier alpha value is -2.23. The van der Waals surface area contributed by atoms with Crippen LogP contribution in [0.1, 0.15) is 5.56 Å². The van der Waals surface area contributed by atoms with Crippen LogP contribution in [0.25, 0.3) is 10.8 Å². The molecule has 17 heavy (non-hydrogen) atoms. The second-order valence-electron chi connectivity index (χ2n) is 3.77. The molecule has 0 unspecified atom stereocenters. The van der Waals surface area contributed by atoms with Gasteiger partial charge in [-0.15, -0.1) is 0 Å². The summed E-state index contributed by atoms with van der Waals surface area (Å²) in [4.78, 5) is 10.6. The zero-order valence-corrected chi connectivity index (χ0v) is 9.30. The summed E-state index contributed by atoms with van der Waals surface area (Å²) < 4.78 is 5.07. The minimum atomic E-state index is -0.919. The normalized spacial score (nSPS) is 10.4. The van der Waals surface area contributed by atoms with E-state index in [4.69, 9.17) is 9.84 Å². The summed E-state index contributed by atoms with van der Waals surface area (Å²) in [5.74, 6) is -0.200. The Balaban J connectivity index is 2.55. The predicted molar refractivity (Wildman–Crippen MR) is 63.5 cm³/mol. The van der Waals surface area contributed by atoms with Crippen LogP contribution in [-0.2, 0) is 11.2 Å². The van der Waals surface area contributed by atoms with Crippen LogP contribution in [0.5, 0.6) is 11.5 Å². The van der Waals surface area contributed by atoms with Crippen LogP contribution in [0.3, 0.4) is 0 Å². The van der Waals surface area contributed by atoms with Crippen molar-refractivity contribution in [3.8, 4) is 11.5 Å². The number of hydrogen-bond donors (Lipinski definition) is 2. The van der Waals surface area contributed by atoms with Crippen LogP contribution in [-0.4, -0.2) is 23.3 Å². The molecule has 0 bridgehead atoms. The highest BCUT2D eigenvalue weighted by molar-refractivity contribution is 5.90. The van der Waals surface area contributed by atoms with E-state index < -0.39 is 5.97 Å². The molecule has 2 aromatic rings. The van der Waals surface area contributed by atoms with Crippen LogP contribution >= 0.6 is 0 Å². The van der Waals surface area contributed by atoms with Crippen LogP contribution in [0, 0.1) is 0 Å². The molecule has 0 radical (unpaired) electrons. The first kappa shape index (κ1) is 11.3. The first-order valence-electron chi connectivity index (χ1n) is 5.11. The van der Waals surface area contributed by atoms with E-state index in [-0.39, 0.29) is 12.2 Å². The number of rotatable bonds is 3. The number of carboxylic acids is 1. The lowest BCUT2D eigenvalue weighted by Crippen LogP contribution is -1.99. The molecule has 4 heteroatoms. The standard InChI is InChI=1S/C13H12O4/c1-17-10-3-2-9-4-8(6-13(15)16)5-12(14)11(9)7-10/h2-5,7,14H,6H2,1H3,(H,15,16). The summed E-state index contributed by atoms with van der Waals surface area (Å²) >= 11 is 0. The number of aromatic hydroxyl groups is 1. The summed E-state index contributed by atoms with van der Waals surface area (Å²) in [5, 5.41) is 20.0. The van der Waals surface area contributed by atoms with Crippen molar-refractivity contribution < 1.29 is 19.7 Å². The average molecular weight is 232 g/mol. The number of hydrogen-bond acceptors (Lipinski definition) is 3. The molecule has 0 aromatic heterocycles. The molecule has 2 N–H and O–H groups in total. The van der Waals surface area contributed by atoms with Gasteiger partial charge in [0, 0.05) is 5.39 Å². The molecule has 4 nitrogen and oxygen atoms in total. The van der Waals surface area contributed by atoms with Crippen molar-refractivity contribution in [3.05, 3.63) is 35.9 Å². The molecule has 0 saturated carbocycles. The van der Waals surface area contributed by atoms with Crippen molar-refractivity contribution in [2.24, 2.45) is 0 Å². The zero-order valence-electron chi connectivity index (χ0n) is 9.30. The van der Waals surface area contributed by atoms with E-state index in [1.54, 1.807) is 31.4 Å². The number of carbonyl (C=O) groups is 1. The minimum absolute atomic E-state index is 0.0673. The lowest BCUT2D eigenvalue weighted by atomic mass is 10.0. The number of carboxylic acid groups (broad SMARTS) is 1. The smallest absolute Gasteiger partial charge is 0.307 e. The first-order valence-corrected chi connectivity index (χ1v) is 5.11.